The monoisotopic (exact) mass is 393 g/mol. The van der Waals surface area contributed by atoms with Crippen LogP contribution < -0.4 is 5.32 Å². The number of benzene rings is 2. The average molecular weight is 394 g/mol. The van der Waals surface area contributed by atoms with Crippen LogP contribution in [0.1, 0.15) is 33.1 Å². The fourth-order valence-corrected chi connectivity index (χ4v) is 4.93. The van der Waals surface area contributed by atoms with Gasteiger partial charge in [0.05, 0.1) is 16.8 Å². The summed E-state index contributed by atoms with van der Waals surface area (Å²) in [6.07, 6.45) is 3.56. The fourth-order valence-electron chi connectivity index (χ4n) is 4.09. The first-order valence-corrected chi connectivity index (χ1v) is 11.1. The van der Waals surface area contributed by atoms with Crippen LogP contribution in [0, 0.1) is 11.8 Å². The van der Waals surface area contributed by atoms with Crippen molar-refractivity contribution in [3.8, 4) is 5.69 Å². The van der Waals surface area contributed by atoms with Crippen LogP contribution in [0.5, 0.6) is 0 Å². The number of fused-ring (bicyclic) bond motifs is 1. The van der Waals surface area contributed by atoms with Gasteiger partial charge in [0.2, 0.25) is 5.91 Å². The molecule has 1 aromatic heterocycles. The molecule has 4 nitrogen and oxygen atoms in total. The highest BCUT2D eigenvalue weighted by atomic mass is 32.2. The lowest BCUT2D eigenvalue weighted by Gasteiger charge is -2.34. The largest absolute Gasteiger partial charge is 0.352 e. The summed E-state index contributed by atoms with van der Waals surface area (Å²) in [5.74, 6) is 1.70. The summed E-state index contributed by atoms with van der Waals surface area (Å²) in [6.45, 7) is 4.55. The number of hydrogen-bond donors (Lipinski definition) is 1. The number of aromatic nitrogens is 2. The van der Waals surface area contributed by atoms with Crippen molar-refractivity contribution in [3.63, 3.8) is 0 Å². The van der Waals surface area contributed by atoms with Crippen molar-refractivity contribution < 1.29 is 4.79 Å². The molecule has 0 aliphatic heterocycles. The molecule has 3 aromatic rings. The minimum absolute atomic E-state index is 0.0996. The second-order valence-electron chi connectivity index (χ2n) is 7.78. The third-order valence-electron chi connectivity index (χ3n) is 5.93. The van der Waals surface area contributed by atoms with E-state index in [9.17, 15) is 4.79 Å². The van der Waals surface area contributed by atoms with Crippen LogP contribution in [0.3, 0.4) is 0 Å². The minimum Gasteiger partial charge on any atom is -0.352 e. The topological polar surface area (TPSA) is 46.9 Å². The van der Waals surface area contributed by atoms with Crippen molar-refractivity contribution >= 4 is 28.7 Å². The van der Waals surface area contributed by atoms with E-state index in [-0.39, 0.29) is 5.91 Å². The lowest BCUT2D eigenvalue weighted by molar-refractivity contribution is -0.120. The highest BCUT2D eigenvalue weighted by Gasteiger charge is 2.28. The van der Waals surface area contributed by atoms with Crippen molar-refractivity contribution in [2.75, 3.05) is 5.75 Å². The summed E-state index contributed by atoms with van der Waals surface area (Å²) >= 11 is 1.51. The minimum atomic E-state index is 0.0996. The summed E-state index contributed by atoms with van der Waals surface area (Å²) < 4.78 is 2.14. The van der Waals surface area contributed by atoms with Crippen molar-refractivity contribution in [1.29, 1.82) is 0 Å². The summed E-state index contributed by atoms with van der Waals surface area (Å²) in [5, 5.41) is 4.12. The van der Waals surface area contributed by atoms with E-state index in [2.05, 4.69) is 41.9 Å². The van der Waals surface area contributed by atoms with E-state index in [0.29, 0.717) is 23.6 Å². The van der Waals surface area contributed by atoms with Crippen LogP contribution in [-0.4, -0.2) is 27.3 Å². The summed E-state index contributed by atoms with van der Waals surface area (Å²) in [5.41, 5.74) is 3.07. The first-order chi connectivity index (χ1) is 13.6. The van der Waals surface area contributed by atoms with Gasteiger partial charge in [-0.1, -0.05) is 68.8 Å². The van der Waals surface area contributed by atoms with Crippen molar-refractivity contribution in [2.24, 2.45) is 11.8 Å². The molecule has 2 aromatic carbocycles. The molecule has 0 radical (unpaired) electrons. The average Bonchev–Trinajstić information content (AvgIpc) is 3.09. The van der Waals surface area contributed by atoms with E-state index in [1.165, 1.54) is 24.6 Å². The molecule has 1 heterocycles. The number of thioether (sulfide) groups is 1. The van der Waals surface area contributed by atoms with Crippen molar-refractivity contribution in [1.82, 2.24) is 14.9 Å². The molecule has 1 N–H and O–H groups in total. The number of rotatable bonds is 5. The summed E-state index contributed by atoms with van der Waals surface area (Å²) in [4.78, 5) is 17.4. The van der Waals surface area contributed by atoms with Gasteiger partial charge in [-0.15, -0.1) is 0 Å². The second kappa shape index (κ2) is 8.39. The summed E-state index contributed by atoms with van der Waals surface area (Å²) in [6, 6.07) is 18.6. The number of hydrogen-bond acceptors (Lipinski definition) is 3. The highest BCUT2D eigenvalue weighted by Crippen LogP contribution is 2.30. The Morgan fingerprint density at radius 1 is 1.11 bits per heavy atom. The number of carbonyl (C=O) groups excluding carboxylic acids is 1. The molecule has 0 saturated heterocycles. The molecule has 0 unspecified atom stereocenters. The zero-order valence-electron chi connectivity index (χ0n) is 16.5. The molecule has 146 valence electrons. The molecule has 0 bridgehead atoms. The van der Waals surface area contributed by atoms with E-state index in [1.54, 1.807) is 0 Å². The normalized spacial score (nSPS) is 22.3. The van der Waals surface area contributed by atoms with Crippen LogP contribution >= 0.6 is 11.8 Å². The number of nitrogens with one attached hydrogen (secondary N) is 1. The third kappa shape index (κ3) is 3.95. The SMILES string of the molecule is C[C@H]1[C@H](C)CCC[C@H]1NC(=O)CSc1nc2ccccc2n1-c1ccccc1. The zero-order valence-corrected chi connectivity index (χ0v) is 17.3. The Labute approximate surface area is 170 Å². The molecular formula is C23H27N3OS. The maximum atomic E-state index is 12.6. The fraction of sp³-hybridized carbons (Fsp3) is 0.391. The summed E-state index contributed by atoms with van der Waals surface area (Å²) in [7, 11) is 0. The second-order valence-corrected chi connectivity index (χ2v) is 8.73. The number of nitrogens with zero attached hydrogens (tertiary/aromatic N) is 2. The van der Waals surface area contributed by atoms with E-state index < -0.39 is 0 Å². The highest BCUT2D eigenvalue weighted by molar-refractivity contribution is 7.99. The standard InChI is InChI=1S/C23H27N3OS/c1-16-9-8-13-19(17(16)2)24-22(27)15-28-23-25-20-12-6-7-14-21(20)26(23)18-10-4-3-5-11-18/h3-7,10-12,14,16-17,19H,8-9,13,15H2,1-2H3,(H,24,27)/t16-,17+,19-/m1/s1. The van der Waals surface area contributed by atoms with Gasteiger partial charge in [0.15, 0.2) is 5.16 Å². The molecular weight excluding hydrogens is 366 g/mol. The van der Waals surface area contributed by atoms with Crippen molar-refractivity contribution in [2.45, 2.75) is 44.3 Å². The first kappa shape index (κ1) is 19.1. The lowest BCUT2D eigenvalue weighted by Crippen LogP contribution is -2.44. The molecule has 4 rings (SSSR count). The zero-order chi connectivity index (χ0) is 19.5. The van der Waals surface area contributed by atoms with E-state index in [1.807, 2.05) is 36.4 Å². The Balaban J connectivity index is 1.51. The molecule has 3 atom stereocenters. The quantitative estimate of drug-likeness (QED) is 0.617. The van der Waals surface area contributed by atoms with E-state index in [4.69, 9.17) is 4.98 Å². The first-order valence-electron chi connectivity index (χ1n) is 10.1. The van der Waals surface area contributed by atoms with Gasteiger partial charge in [0.1, 0.15) is 0 Å². The van der Waals surface area contributed by atoms with Crippen LogP contribution in [0.2, 0.25) is 0 Å². The molecule has 0 spiro atoms. The van der Waals surface area contributed by atoms with Gasteiger partial charge >= 0.3 is 0 Å². The van der Waals surface area contributed by atoms with Crippen LogP contribution in [-0.2, 0) is 4.79 Å². The van der Waals surface area contributed by atoms with Gasteiger partial charge in [-0.05, 0) is 42.5 Å². The smallest absolute Gasteiger partial charge is 0.230 e. The molecule has 28 heavy (non-hydrogen) atoms. The Morgan fingerprint density at radius 3 is 2.68 bits per heavy atom. The van der Waals surface area contributed by atoms with Gasteiger partial charge in [-0.2, -0.15) is 0 Å². The number of carbonyl (C=O) groups is 1. The predicted octanol–water partition coefficient (Wildman–Crippen LogP) is 5.06. The van der Waals surface area contributed by atoms with Crippen LogP contribution in [0.15, 0.2) is 59.8 Å². The van der Waals surface area contributed by atoms with Gasteiger partial charge in [-0.3, -0.25) is 9.36 Å². The van der Waals surface area contributed by atoms with E-state index in [0.717, 1.165) is 28.3 Å². The molecule has 1 saturated carbocycles. The Morgan fingerprint density at radius 2 is 1.86 bits per heavy atom. The third-order valence-corrected chi connectivity index (χ3v) is 6.87. The Hall–Kier alpha value is -2.27. The molecule has 1 amide bonds. The molecule has 1 fully saturated rings. The van der Waals surface area contributed by atoms with Gasteiger partial charge in [0, 0.05) is 11.7 Å². The lowest BCUT2D eigenvalue weighted by atomic mass is 9.78. The van der Waals surface area contributed by atoms with Crippen molar-refractivity contribution in [3.05, 3.63) is 54.6 Å². The predicted molar refractivity (Wildman–Crippen MR) is 116 cm³/mol. The van der Waals surface area contributed by atoms with Crippen LogP contribution in [0.4, 0.5) is 0 Å². The number of imidazole rings is 1. The Kier molecular flexibility index (Phi) is 5.72. The maximum absolute atomic E-state index is 12.6. The van der Waals surface area contributed by atoms with E-state index >= 15 is 0 Å². The van der Waals surface area contributed by atoms with Gasteiger partial charge < -0.3 is 5.32 Å². The van der Waals surface area contributed by atoms with Crippen LogP contribution in [0.25, 0.3) is 16.7 Å². The number of amides is 1. The Bertz CT molecular complexity index is 953. The molecule has 1 aliphatic rings. The number of para-hydroxylation sites is 3. The maximum Gasteiger partial charge on any atom is 0.230 e. The molecule has 1 aliphatic carbocycles. The van der Waals surface area contributed by atoms with Gasteiger partial charge in [-0.25, -0.2) is 4.98 Å². The van der Waals surface area contributed by atoms with Gasteiger partial charge in [0.25, 0.3) is 0 Å². The molecule has 5 heteroatoms.